The number of fused-ring (bicyclic) bond motifs is 1. The third kappa shape index (κ3) is 6.99. The summed E-state index contributed by atoms with van der Waals surface area (Å²) in [5.74, 6) is -0.685. The Morgan fingerprint density at radius 3 is 2.42 bits per heavy atom. The lowest BCUT2D eigenvalue weighted by atomic mass is 10.1. The number of hydrogen-bond donors (Lipinski definition) is 0. The van der Waals surface area contributed by atoms with Crippen molar-refractivity contribution in [3.63, 3.8) is 0 Å². The Morgan fingerprint density at radius 2 is 1.76 bits per heavy atom. The number of aryl methyl sites for hydroxylation is 1. The topological polar surface area (TPSA) is 105 Å². The van der Waals surface area contributed by atoms with E-state index in [4.69, 9.17) is 9.47 Å². The quantitative estimate of drug-likeness (QED) is 0.269. The molecule has 0 saturated heterocycles. The monoisotopic (exact) mass is 536 g/mol. The largest absolute Gasteiger partial charge is 0.487 e. The summed E-state index contributed by atoms with van der Waals surface area (Å²) in [5, 5.41) is 0. The molecular weight excluding hydrogens is 505 g/mol. The smallest absolute Gasteiger partial charge is 0.419 e. The van der Waals surface area contributed by atoms with Crippen LogP contribution in [0.25, 0.3) is 11.2 Å². The Labute approximate surface area is 217 Å². The molecule has 0 bridgehead atoms. The molecule has 206 valence electrons. The first-order chi connectivity index (χ1) is 17.9. The van der Waals surface area contributed by atoms with Gasteiger partial charge in [-0.05, 0) is 43.7 Å². The summed E-state index contributed by atoms with van der Waals surface area (Å²) in [4.78, 5) is 45.8. The minimum Gasteiger partial charge on any atom is -0.487 e. The van der Waals surface area contributed by atoms with Crippen LogP contribution in [-0.2, 0) is 42.3 Å². The second-order valence-corrected chi connectivity index (χ2v) is 9.37. The Kier molecular flexibility index (Phi) is 9.29. The number of unbranched alkanes of at least 4 members (excludes halogenated alkanes) is 2. The highest BCUT2D eigenvalue weighted by Crippen LogP contribution is 2.36. The minimum absolute atomic E-state index is 0.00195. The van der Waals surface area contributed by atoms with Crippen LogP contribution in [0.15, 0.2) is 33.9 Å². The van der Waals surface area contributed by atoms with Gasteiger partial charge in [0.1, 0.15) is 18.1 Å². The molecule has 12 heteroatoms. The van der Waals surface area contributed by atoms with Crippen molar-refractivity contribution in [3.05, 3.63) is 62.1 Å². The summed E-state index contributed by atoms with van der Waals surface area (Å²) in [7, 11) is 1.36. The summed E-state index contributed by atoms with van der Waals surface area (Å²) >= 11 is 0. The lowest BCUT2D eigenvalue weighted by Gasteiger charge is -2.17. The lowest BCUT2D eigenvalue weighted by Crippen LogP contribution is -2.40. The van der Waals surface area contributed by atoms with Gasteiger partial charge >= 0.3 is 17.8 Å². The molecule has 0 aliphatic carbocycles. The van der Waals surface area contributed by atoms with Gasteiger partial charge in [-0.1, -0.05) is 26.0 Å². The third-order valence-corrected chi connectivity index (χ3v) is 5.78. The van der Waals surface area contributed by atoms with E-state index < -0.39 is 23.0 Å². The van der Waals surface area contributed by atoms with Crippen LogP contribution in [0.2, 0.25) is 0 Å². The van der Waals surface area contributed by atoms with Crippen LogP contribution in [0.3, 0.4) is 0 Å². The van der Waals surface area contributed by atoms with Crippen molar-refractivity contribution >= 4 is 17.1 Å². The van der Waals surface area contributed by atoms with Gasteiger partial charge in [-0.3, -0.25) is 18.7 Å². The third-order valence-electron chi connectivity index (χ3n) is 5.78. The Morgan fingerprint density at radius 1 is 1.05 bits per heavy atom. The van der Waals surface area contributed by atoms with E-state index in [1.807, 2.05) is 13.8 Å². The van der Waals surface area contributed by atoms with Gasteiger partial charge in [-0.2, -0.15) is 13.2 Å². The average Bonchev–Trinajstić information content (AvgIpc) is 2.85. The Hall–Kier alpha value is -3.70. The summed E-state index contributed by atoms with van der Waals surface area (Å²) in [6, 6.07) is 4.85. The number of aromatic nitrogens is 4. The lowest BCUT2D eigenvalue weighted by molar-refractivity contribution is -0.141. The van der Waals surface area contributed by atoms with E-state index in [9.17, 15) is 27.6 Å². The SMILES string of the molecule is CC(=O)OCCCCCc1nc2c(=O)n(C)c(=O)n(CC(C)C)c2nc1COc1ccccc1C(F)(F)F. The molecule has 0 saturated carbocycles. The van der Waals surface area contributed by atoms with E-state index in [2.05, 4.69) is 9.97 Å². The summed E-state index contributed by atoms with van der Waals surface area (Å²) in [6.07, 6.45) is -2.37. The van der Waals surface area contributed by atoms with E-state index in [1.54, 1.807) is 0 Å². The molecule has 3 aromatic rings. The second kappa shape index (κ2) is 12.2. The first-order valence-electron chi connectivity index (χ1n) is 12.3. The molecule has 0 spiro atoms. The average molecular weight is 537 g/mol. The maximum absolute atomic E-state index is 13.5. The predicted molar refractivity (Wildman–Crippen MR) is 134 cm³/mol. The molecular formula is C26H31F3N4O5. The molecule has 0 atom stereocenters. The maximum atomic E-state index is 13.5. The molecule has 0 unspecified atom stereocenters. The van der Waals surface area contributed by atoms with Gasteiger partial charge in [0.2, 0.25) is 0 Å². The van der Waals surface area contributed by atoms with Gasteiger partial charge in [0.05, 0.1) is 17.9 Å². The molecule has 0 fully saturated rings. The van der Waals surface area contributed by atoms with Gasteiger partial charge in [-0.15, -0.1) is 0 Å². The highest BCUT2D eigenvalue weighted by Gasteiger charge is 2.34. The van der Waals surface area contributed by atoms with Crippen molar-refractivity contribution in [2.75, 3.05) is 6.61 Å². The molecule has 1 aromatic carbocycles. The zero-order valence-electron chi connectivity index (χ0n) is 21.8. The van der Waals surface area contributed by atoms with Gasteiger partial charge in [0, 0.05) is 20.5 Å². The molecule has 0 N–H and O–H groups in total. The molecule has 0 radical (unpaired) electrons. The normalized spacial score (nSPS) is 11.8. The highest BCUT2D eigenvalue weighted by atomic mass is 19.4. The number of hydrogen-bond acceptors (Lipinski definition) is 7. The fourth-order valence-electron chi connectivity index (χ4n) is 3.95. The van der Waals surface area contributed by atoms with Crippen molar-refractivity contribution in [3.8, 4) is 5.75 Å². The summed E-state index contributed by atoms with van der Waals surface area (Å²) in [5.41, 5.74) is -1.40. The number of carbonyl (C=O) groups is 1. The van der Waals surface area contributed by atoms with Crippen LogP contribution in [0.5, 0.6) is 5.75 Å². The van der Waals surface area contributed by atoms with Crippen LogP contribution in [0, 0.1) is 5.92 Å². The second-order valence-electron chi connectivity index (χ2n) is 9.37. The molecule has 3 rings (SSSR count). The number of carbonyl (C=O) groups excluding carboxylic acids is 1. The van der Waals surface area contributed by atoms with Crippen molar-refractivity contribution in [2.24, 2.45) is 13.0 Å². The maximum Gasteiger partial charge on any atom is 0.419 e. The van der Waals surface area contributed by atoms with Crippen LogP contribution < -0.4 is 16.0 Å². The van der Waals surface area contributed by atoms with Crippen LogP contribution in [-0.4, -0.2) is 31.7 Å². The molecule has 2 aromatic heterocycles. The van der Waals surface area contributed by atoms with Crippen molar-refractivity contribution in [1.29, 1.82) is 0 Å². The standard InChI is InChI=1S/C26H31F3N4O5/c1-16(2)14-33-23-22(24(35)32(4)25(33)36)30-19(11-6-5-9-13-37-17(3)34)20(31-23)15-38-21-12-8-7-10-18(21)26(27,28)29/h7-8,10,12,16H,5-6,9,11,13-15H2,1-4H3. The van der Waals surface area contributed by atoms with E-state index >= 15 is 0 Å². The zero-order valence-corrected chi connectivity index (χ0v) is 21.8. The molecule has 9 nitrogen and oxygen atoms in total. The van der Waals surface area contributed by atoms with E-state index in [1.165, 1.54) is 36.7 Å². The van der Waals surface area contributed by atoms with Crippen molar-refractivity contribution in [2.45, 2.75) is 65.8 Å². The number of alkyl halides is 3. The van der Waals surface area contributed by atoms with Crippen molar-refractivity contribution < 1.29 is 27.4 Å². The van der Waals surface area contributed by atoms with E-state index in [-0.39, 0.29) is 54.3 Å². The molecule has 0 aliphatic heterocycles. The number of rotatable bonds is 11. The Bertz CT molecular complexity index is 1410. The number of halogens is 3. The summed E-state index contributed by atoms with van der Waals surface area (Å²) in [6.45, 7) is 5.32. The number of nitrogens with zero attached hydrogens (tertiary/aromatic N) is 4. The number of benzene rings is 1. The van der Waals surface area contributed by atoms with Crippen LogP contribution in [0.1, 0.15) is 57.0 Å². The minimum atomic E-state index is -4.61. The van der Waals surface area contributed by atoms with E-state index in [0.29, 0.717) is 31.4 Å². The Balaban J connectivity index is 2.02. The van der Waals surface area contributed by atoms with Gasteiger partial charge in [0.15, 0.2) is 11.2 Å². The predicted octanol–water partition coefficient (Wildman–Crippen LogP) is 4.02. The zero-order chi connectivity index (χ0) is 28.0. The fraction of sp³-hybridized carbons (Fsp3) is 0.500. The molecule has 2 heterocycles. The van der Waals surface area contributed by atoms with E-state index in [0.717, 1.165) is 10.6 Å². The van der Waals surface area contributed by atoms with Gasteiger partial charge in [-0.25, -0.2) is 14.8 Å². The van der Waals surface area contributed by atoms with Crippen LogP contribution in [0.4, 0.5) is 13.2 Å². The van der Waals surface area contributed by atoms with Crippen molar-refractivity contribution in [1.82, 2.24) is 19.1 Å². The van der Waals surface area contributed by atoms with Gasteiger partial charge < -0.3 is 9.47 Å². The van der Waals surface area contributed by atoms with Crippen LogP contribution >= 0.6 is 0 Å². The summed E-state index contributed by atoms with van der Waals surface area (Å²) < 4.78 is 53.2. The molecule has 0 aliphatic rings. The molecule has 38 heavy (non-hydrogen) atoms. The van der Waals surface area contributed by atoms with Gasteiger partial charge in [0.25, 0.3) is 5.56 Å². The highest BCUT2D eigenvalue weighted by molar-refractivity contribution is 5.69. The fourth-order valence-corrected chi connectivity index (χ4v) is 3.95. The number of esters is 1. The number of ether oxygens (including phenoxy) is 2. The number of para-hydroxylation sites is 1. The first kappa shape index (κ1) is 28.9. The first-order valence-corrected chi connectivity index (χ1v) is 12.3. The molecule has 0 amide bonds.